The van der Waals surface area contributed by atoms with Gasteiger partial charge in [0.15, 0.2) is 0 Å². The van der Waals surface area contributed by atoms with Crippen molar-refractivity contribution in [3.63, 3.8) is 0 Å². The van der Waals surface area contributed by atoms with E-state index in [0.717, 1.165) is 11.1 Å². The Morgan fingerprint density at radius 1 is 0.872 bits per heavy atom. The number of ether oxygens (including phenoxy) is 1. The summed E-state index contributed by atoms with van der Waals surface area (Å²) in [5, 5.41) is 14.9. The summed E-state index contributed by atoms with van der Waals surface area (Å²) in [7, 11) is 0. The van der Waals surface area contributed by atoms with E-state index in [2.05, 4.69) is 41.5 Å². The number of alkyl halides is 1. The van der Waals surface area contributed by atoms with E-state index in [4.69, 9.17) is 16.3 Å². The average molecular weight is 663 g/mol. The minimum atomic E-state index is -0.774. The Morgan fingerprint density at radius 3 is 2.26 bits per heavy atom. The first-order chi connectivity index (χ1) is 22.5. The SMILES string of the molecule is Cc1ccc(NC(=O)C(=O)NCC(C)(C)CNC(=O)c2ccc(Nc3cc(NCc4ccc(Cl)cc4)nc(OCCF)n3)nc2)cc1. The number of halogens is 2. The first-order valence-electron chi connectivity index (χ1n) is 14.7. The van der Waals surface area contributed by atoms with Gasteiger partial charge in [-0.15, -0.1) is 0 Å². The minimum Gasteiger partial charge on any atom is -0.461 e. The number of pyridine rings is 1. The van der Waals surface area contributed by atoms with Gasteiger partial charge < -0.3 is 31.3 Å². The highest BCUT2D eigenvalue weighted by Crippen LogP contribution is 2.21. The highest BCUT2D eigenvalue weighted by Gasteiger charge is 2.23. The number of anilines is 4. The molecule has 4 aromatic rings. The molecule has 14 heteroatoms. The Morgan fingerprint density at radius 2 is 1.57 bits per heavy atom. The van der Waals surface area contributed by atoms with Crippen LogP contribution in [0.5, 0.6) is 6.01 Å². The van der Waals surface area contributed by atoms with Crippen molar-refractivity contribution >= 4 is 52.5 Å². The molecule has 0 aliphatic heterocycles. The predicted molar refractivity (Wildman–Crippen MR) is 179 cm³/mol. The largest absolute Gasteiger partial charge is 0.461 e. The van der Waals surface area contributed by atoms with Crippen LogP contribution >= 0.6 is 11.6 Å². The van der Waals surface area contributed by atoms with Crippen LogP contribution in [0.2, 0.25) is 5.02 Å². The molecule has 0 aliphatic rings. The number of amides is 3. The molecule has 0 spiro atoms. The molecule has 12 nitrogen and oxygen atoms in total. The van der Waals surface area contributed by atoms with Gasteiger partial charge in [-0.2, -0.15) is 9.97 Å². The van der Waals surface area contributed by atoms with Crippen molar-refractivity contribution in [2.24, 2.45) is 5.41 Å². The van der Waals surface area contributed by atoms with Crippen LogP contribution < -0.4 is 31.3 Å². The molecule has 0 saturated carbocycles. The van der Waals surface area contributed by atoms with Crippen molar-refractivity contribution in [3.8, 4) is 6.01 Å². The lowest BCUT2D eigenvalue weighted by Crippen LogP contribution is -2.45. The van der Waals surface area contributed by atoms with Gasteiger partial charge in [0.05, 0.1) is 5.56 Å². The molecule has 0 fully saturated rings. The van der Waals surface area contributed by atoms with Gasteiger partial charge in [0.2, 0.25) is 0 Å². The topological polar surface area (TPSA) is 159 Å². The highest BCUT2D eigenvalue weighted by molar-refractivity contribution is 6.39. The Balaban J connectivity index is 1.29. The maximum absolute atomic E-state index is 12.8. The molecule has 47 heavy (non-hydrogen) atoms. The Labute approximate surface area is 276 Å². The molecule has 0 unspecified atom stereocenters. The van der Waals surface area contributed by atoms with Gasteiger partial charge in [0.1, 0.15) is 30.7 Å². The number of nitrogens with one attached hydrogen (secondary N) is 5. The van der Waals surface area contributed by atoms with E-state index < -0.39 is 23.9 Å². The van der Waals surface area contributed by atoms with Crippen LogP contribution in [0.4, 0.5) is 27.5 Å². The number of carbonyl (C=O) groups is 3. The lowest BCUT2D eigenvalue weighted by Gasteiger charge is -2.25. The van der Waals surface area contributed by atoms with E-state index in [1.165, 1.54) is 6.20 Å². The quantitative estimate of drug-likeness (QED) is 0.117. The summed E-state index contributed by atoms with van der Waals surface area (Å²) >= 11 is 5.96. The molecule has 4 rings (SSSR count). The number of rotatable bonds is 14. The molecule has 2 aromatic carbocycles. The van der Waals surface area contributed by atoms with E-state index in [1.807, 2.05) is 45.0 Å². The highest BCUT2D eigenvalue weighted by atomic mass is 35.5. The first kappa shape index (κ1) is 34.6. The molecule has 0 saturated heterocycles. The van der Waals surface area contributed by atoms with Crippen LogP contribution in [-0.2, 0) is 16.1 Å². The minimum absolute atomic E-state index is 0.0204. The zero-order chi connectivity index (χ0) is 33.8. The van der Waals surface area contributed by atoms with Crippen LogP contribution in [0.25, 0.3) is 0 Å². The second-order valence-corrected chi connectivity index (χ2v) is 11.8. The average Bonchev–Trinajstić information content (AvgIpc) is 3.06. The van der Waals surface area contributed by atoms with Gasteiger partial charge in [0, 0.05) is 42.6 Å². The lowest BCUT2D eigenvalue weighted by atomic mass is 9.93. The van der Waals surface area contributed by atoms with Crippen molar-refractivity contribution in [1.82, 2.24) is 25.6 Å². The molecule has 0 atom stereocenters. The molecule has 3 amide bonds. The summed E-state index contributed by atoms with van der Waals surface area (Å²) in [6.07, 6.45) is 1.41. The third-order valence-electron chi connectivity index (χ3n) is 6.65. The summed E-state index contributed by atoms with van der Waals surface area (Å²) in [5.74, 6) is -0.733. The monoisotopic (exact) mass is 662 g/mol. The van der Waals surface area contributed by atoms with Crippen LogP contribution in [-0.4, -0.2) is 59.0 Å². The number of hydrogen-bond acceptors (Lipinski definition) is 9. The summed E-state index contributed by atoms with van der Waals surface area (Å²) in [6.45, 7) is 5.55. The maximum atomic E-state index is 12.8. The lowest BCUT2D eigenvalue weighted by molar-refractivity contribution is -0.136. The van der Waals surface area contributed by atoms with Gasteiger partial charge in [-0.1, -0.05) is 55.3 Å². The molecular weight excluding hydrogens is 627 g/mol. The van der Waals surface area contributed by atoms with Gasteiger partial charge in [0.25, 0.3) is 5.91 Å². The second kappa shape index (κ2) is 16.3. The van der Waals surface area contributed by atoms with Crippen molar-refractivity contribution in [3.05, 3.63) is 94.6 Å². The zero-order valence-corrected chi connectivity index (χ0v) is 27.0. The van der Waals surface area contributed by atoms with Gasteiger partial charge in [-0.05, 0) is 54.3 Å². The second-order valence-electron chi connectivity index (χ2n) is 11.3. The molecule has 0 radical (unpaired) electrons. The van der Waals surface area contributed by atoms with Crippen molar-refractivity contribution in [1.29, 1.82) is 0 Å². The third kappa shape index (κ3) is 11.2. The van der Waals surface area contributed by atoms with Crippen LogP contribution in [0.15, 0.2) is 72.9 Å². The van der Waals surface area contributed by atoms with Gasteiger partial charge >= 0.3 is 17.8 Å². The predicted octanol–water partition coefficient (Wildman–Crippen LogP) is 5.05. The molecule has 2 heterocycles. The van der Waals surface area contributed by atoms with E-state index in [-0.39, 0.29) is 31.6 Å². The Bertz CT molecular complexity index is 1670. The molecule has 0 bridgehead atoms. The summed E-state index contributed by atoms with van der Waals surface area (Å²) in [5.41, 5.74) is 2.28. The Kier molecular flexibility index (Phi) is 12.0. The number of hydrogen-bond donors (Lipinski definition) is 5. The van der Waals surface area contributed by atoms with E-state index in [0.29, 0.717) is 40.3 Å². The molecular formula is C33H36ClFN8O4. The molecule has 246 valence electrons. The number of aromatic nitrogens is 3. The fourth-order valence-electron chi connectivity index (χ4n) is 4.01. The van der Waals surface area contributed by atoms with Crippen LogP contribution in [0.3, 0.4) is 0 Å². The van der Waals surface area contributed by atoms with Crippen molar-refractivity contribution in [2.75, 3.05) is 42.3 Å². The molecule has 2 aromatic heterocycles. The van der Waals surface area contributed by atoms with E-state index in [1.54, 1.807) is 42.5 Å². The number of carbonyl (C=O) groups excluding carboxylic acids is 3. The Hall–Kier alpha value is -5.30. The summed E-state index contributed by atoms with van der Waals surface area (Å²) < 4.78 is 18.0. The molecule has 0 aliphatic carbocycles. The summed E-state index contributed by atoms with van der Waals surface area (Å²) in [4.78, 5) is 50.2. The summed E-state index contributed by atoms with van der Waals surface area (Å²) in [6, 6.07) is 19.3. The fraction of sp³-hybridized carbons (Fsp3) is 0.273. The maximum Gasteiger partial charge on any atom is 0.320 e. The standard InChI is InChI=1S/C33H36ClFN8O4/c1-21-4-11-25(12-5-21)40-31(46)30(45)39-20-33(2,3)19-38-29(44)23-8-13-26(37-18-23)41-28-16-27(42-32(43-28)47-15-14-35)36-17-22-6-9-24(34)10-7-22/h4-13,16,18H,14-15,17,19-20H2,1-3H3,(H,38,44)(H,39,45)(H,40,46)(H2,36,37,41,42,43). The van der Waals surface area contributed by atoms with E-state index in [9.17, 15) is 18.8 Å². The third-order valence-corrected chi connectivity index (χ3v) is 6.91. The molecule has 5 N–H and O–H groups in total. The van der Waals surface area contributed by atoms with Crippen LogP contribution in [0, 0.1) is 12.3 Å². The normalized spacial score (nSPS) is 10.9. The number of benzene rings is 2. The zero-order valence-electron chi connectivity index (χ0n) is 26.2. The van der Waals surface area contributed by atoms with Crippen LogP contribution in [0.1, 0.15) is 35.3 Å². The van der Waals surface area contributed by atoms with E-state index >= 15 is 0 Å². The van der Waals surface area contributed by atoms with Crippen molar-refractivity contribution in [2.45, 2.75) is 27.3 Å². The van der Waals surface area contributed by atoms with Gasteiger partial charge in [-0.3, -0.25) is 14.4 Å². The fourth-order valence-corrected chi connectivity index (χ4v) is 4.14. The number of aryl methyl sites for hydroxylation is 1. The van der Waals surface area contributed by atoms with Gasteiger partial charge in [-0.25, -0.2) is 9.37 Å². The smallest absolute Gasteiger partial charge is 0.320 e. The van der Waals surface area contributed by atoms with Crippen molar-refractivity contribution < 1.29 is 23.5 Å². The number of nitrogens with zero attached hydrogens (tertiary/aromatic N) is 3. The first-order valence-corrected chi connectivity index (χ1v) is 15.1.